The van der Waals surface area contributed by atoms with Crippen LogP contribution in [-0.2, 0) is 17.8 Å². The third-order valence-electron chi connectivity index (χ3n) is 5.34. The number of carbonyl (C=O) groups is 1. The van der Waals surface area contributed by atoms with Gasteiger partial charge in [0.2, 0.25) is 12.7 Å². The van der Waals surface area contributed by atoms with E-state index in [1.807, 2.05) is 35.2 Å². The summed E-state index contributed by atoms with van der Waals surface area (Å²) in [6.07, 6.45) is 5.95. The van der Waals surface area contributed by atoms with Crippen LogP contribution in [0.4, 0.5) is 0 Å². The third-order valence-corrected chi connectivity index (χ3v) is 5.34. The van der Waals surface area contributed by atoms with Crippen molar-refractivity contribution in [3.8, 4) is 11.5 Å². The molecule has 27 heavy (non-hydrogen) atoms. The number of fused-ring (bicyclic) bond motifs is 1. The first-order chi connectivity index (χ1) is 13.2. The van der Waals surface area contributed by atoms with E-state index in [0.29, 0.717) is 13.0 Å². The van der Waals surface area contributed by atoms with Gasteiger partial charge < -0.3 is 19.3 Å². The summed E-state index contributed by atoms with van der Waals surface area (Å²) in [5.41, 5.74) is 2.07. The molecule has 1 aromatic carbocycles. The number of piperidine rings is 1. The molecular formula is C21H25N3O3. The van der Waals surface area contributed by atoms with Gasteiger partial charge in [-0.1, -0.05) is 6.07 Å². The van der Waals surface area contributed by atoms with Crippen molar-refractivity contribution < 1.29 is 14.3 Å². The van der Waals surface area contributed by atoms with Gasteiger partial charge in [-0.15, -0.1) is 0 Å². The summed E-state index contributed by atoms with van der Waals surface area (Å²) in [6, 6.07) is 9.99. The van der Waals surface area contributed by atoms with Crippen LogP contribution < -0.4 is 9.47 Å². The van der Waals surface area contributed by atoms with Crippen LogP contribution in [0.2, 0.25) is 0 Å². The fourth-order valence-corrected chi connectivity index (χ4v) is 3.74. The number of ether oxygens (including phenoxy) is 2. The van der Waals surface area contributed by atoms with Crippen molar-refractivity contribution in [1.82, 2.24) is 14.8 Å². The molecule has 4 rings (SSSR count). The van der Waals surface area contributed by atoms with Crippen molar-refractivity contribution in [2.24, 2.45) is 0 Å². The Morgan fingerprint density at radius 1 is 1.11 bits per heavy atom. The van der Waals surface area contributed by atoms with Crippen LogP contribution in [0.3, 0.4) is 0 Å². The Balaban J connectivity index is 1.50. The van der Waals surface area contributed by atoms with Gasteiger partial charge in [-0.25, -0.2) is 0 Å². The van der Waals surface area contributed by atoms with E-state index in [1.165, 1.54) is 0 Å². The van der Waals surface area contributed by atoms with Gasteiger partial charge in [0.05, 0.1) is 6.42 Å². The highest BCUT2D eigenvalue weighted by atomic mass is 16.7. The molecule has 1 saturated heterocycles. The molecule has 2 aliphatic rings. The van der Waals surface area contributed by atoms with E-state index in [1.54, 1.807) is 12.4 Å². The minimum absolute atomic E-state index is 0.153. The predicted molar refractivity (Wildman–Crippen MR) is 102 cm³/mol. The maximum absolute atomic E-state index is 13.2. The minimum atomic E-state index is 0.153. The number of hydrogen-bond acceptors (Lipinski definition) is 5. The number of hydrogen-bond donors (Lipinski definition) is 0. The van der Waals surface area contributed by atoms with Crippen LogP contribution in [0, 0.1) is 0 Å². The van der Waals surface area contributed by atoms with E-state index in [2.05, 4.69) is 16.9 Å². The monoisotopic (exact) mass is 367 g/mol. The van der Waals surface area contributed by atoms with Crippen LogP contribution in [0.25, 0.3) is 0 Å². The fraction of sp³-hybridized carbons (Fsp3) is 0.429. The first kappa shape index (κ1) is 17.8. The molecule has 2 aromatic rings. The molecule has 6 heteroatoms. The molecule has 1 fully saturated rings. The Labute approximate surface area is 159 Å². The lowest BCUT2D eigenvalue weighted by molar-refractivity contribution is -0.134. The summed E-state index contributed by atoms with van der Waals surface area (Å²) in [7, 11) is 2.14. The van der Waals surface area contributed by atoms with Crippen molar-refractivity contribution in [1.29, 1.82) is 0 Å². The largest absolute Gasteiger partial charge is 0.454 e. The summed E-state index contributed by atoms with van der Waals surface area (Å²) in [5, 5.41) is 0. The Morgan fingerprint density at radius 2 is 1.85 bits per heavy atom. The lowest BCUT2D eigenvalue weighted by Gasteiger charge is -2.37. The van der Waals surface area contributed by atoms with Gasteiger partial charge in [0.15, 0.2) is 11.5 Å². The quantitative estimate of drug-likeness (QED) is 0.813. The molecule has 1 amide bonds. The normalized spacial score (nSPS) is 17.1. The van der Waals surface area contributed by atoms with Gasteiger partial charge >= 0.3 is 0 Å². The highest BCUT2D eigenvalue weighted by Gasteiger charge is 2.27. The minimum Gasteiger partial charge on any atom is -0.454 e. The summed E-state index contributed by atoms with van der Waals surface area (Å²) >= 11 is 0. The maximum Gasteiger partial charge on any atom is 0.231 e. The average Bonchev–Trinajstić information content (AvgIpc) is 3.15. The second-order valence-corrected chi connectivity index (χ2v) is 7.28. The Hall–Kier alpha value is -2.60. The molecule has 0 unspecified atom stereocenters. The highest BCUT2D eigenvalue weighted by Crippen LogP contribution is 2.33. The molecule has 2 aliphatic heterocycles. The molecule has 6 nitrogen and oxygen atoms in total. The zero-order valence-corrected chi connectivity index (χ0v) is 15.6. The zero-order valence-electron chi connectivity index (χ0n) is 15.6. The number of carbonyl (C=O) groups excluding carboxylic acids is 1. The number of nitrogens with zero attached hydrogens (tertiary/aromatic N) is 3. The molecule has 3 heterocycles. The van der Waals surface area contributed by atoms with Crippen molar-refractivity contribution in [2.45, 2.75) is 31.8 Å². The van der Waals surface area contributed by atoms with E-state index in [0.717, 1.165) is 48.6 Å². The number of pyridine rings is 1. The topological polar surface area (TPSA) is 54.9 Å². The molecular weight excluding hydrogens is 342 g/mol. The maximum atomic E-state index is 13.2. The van der Waals surface area contributed by atoms with E-state index in [9.17, 15) is 4.79 Å². The van der Waals surface area contributed by atoms with Crippen molar-refractivity contribution >= 4 is 5.91 Å². The Morgan fingerprint density at radius 3 is 2.63 bits per heavy atom. The molecule has 142 valence electrons. The standard InChI is InChI=1S/C21H25N3O3/c1-23-10-6-18(7-11-23)24(14-16-4-8-22-9-5-16)21(25)13-17-2-3-19-20(12-17)27-15-26-19/h2-5,8-9,12,18H,6-7,10-11,13-15H2,1H3. The molecule has 0 atom stereocenters. The summed E-state index contributed by atoms with van der Waals surface area (Å²) < 4.78 is 10.8. The van der Waals surface area contributed by atoms with Crippen LogP contribution in [0.5, 0.6) is 11.5 Å². The zero-order chi connectivity index (χ0) is 18.6. The van der Waals surface area contributed by atoms with Crippen LogP contribution in [-0.4, -0.2) is 53.7 Å². The molecule has 0 bridgehead atoms. The van der Waals surface area contributed by atoms with Gasteiger partial charge in [0, 0.05) is 25.0 Å². The number of rotatable bonds is 5. The second kappa shape index (κ2) is 7.96. The molecule has 0 N–H and O–H groups in total. The average molecular weight is 367 g/mol. The van der Waals surface area contributed by atoms with Gasteiger partial charge in [-0.05, 0) is 68.4 Å². The van der Waals surface area contributed by atoms with Crippen molar-refractivity contribution in [2.75, 3.05) is 26.9 Å². The van der Waals surface area contributed by atoms with Crippen LogP contribution in [0.15, 0.2) is 42.7 Å². The van der Waals surface area contributed by atoms with Crippen molar-refractivity contribution in [3.63, 3.8) is 0 Å². The molecule has 0 radical (unpaired) electrons. The van der Waals surface area contributed by atoms with E-state index < -0.39 is 0 Å². The predicted octanol–water partition coefficient (Wildman–Crippen LogP) is 2.48. The van der Waals surface area contributed by atoms with Gasteiger partial charge in [-0.2, -0.15) is 0 Å². The summed E-state index contributed by atoms with van der Waals surface area (Å²) in [4.78, 5) is 21.7. The number of amides is 1. The second-order valence-electron chi connectivity index (χ2n) is 7.28. The molecule has 0 saturated carbocycles. The van der Waals surface area contributed by atoms with Crippen LogP contribution in [0.1, 0.15) is 24.0 Å². The number of likely N-dealkylation sites (tertiary alicyclic amines) is 1. The Bertz CT molecular complexity index is 789. The molecule has 0 spiro atoms. The first-order valence-corrected chi connectivity index (χ1v) is 9.44. The molecule has 0 aliphatic carbocycles. The van der Waals surface area contributed by atoms with Gasteiger partial charge in [0.25, 0.3) is 0 Å². The highest BCUT2D eigenvalue weighted by molar-refractivity contribution is 5.79. The van der Waals surface area contributed by atoms with Gasteiger partial charge in [-0.3, -0.25) is 9.78 Å². The van der Waals surface area contributed by atoms with E-state index in [4.69, 9.17) is 9.47 Å². The number of aromatic nitrogens is 1. The SMILES string of the molecule is CN1CCC(N(Cc2ccncc2)C(=O)Cc2ccc3c(c2)OCO3)CC1. The number of benzene rings is 1. The van der Waals surface area contributed by atoms with Gasteiger partial charge in [0.1, 0.15) is 0 Å². The summed E-state index contributed by atoms with van der Waals surface area (Å²) in [6.45, 7) is 2.92. The lowest BCUT2D eigenvalue weighted by Crippen LogP contribution is -2.46. The smallest absolute Gasteiger partial charge is 0.231 e. The van der Waals surface area contributed by atoms with Crippen molar-refractivity contribution in [3.05, 3.63) is 53.9 Å². The third kappa shape index (κ3) is 4.22. The fourth-order valence-electron chi connectivity index (χ4n) is 3.74. The summed E-state index contributed by atoms with van der Waals surface area (Å²) in [5.74, 6) is 1.62. The Kier molecular flexibility index (Phi) is 5.25. The van der Waals surface area contributed by atoms with E-state index >= 15 is 0 Å². The molecule has 1 aromatic heterocycles. The lowest BCUT2D eigenvalue weighted by atomic mass is 10.0. The van der Waals surface area contributed by atoms with Crippen LogP contribution >= 0.6 is 0 Å². The first-order valence-electron chi connectivity index (χ1n) is 9.44. The van der Waals surface area contributed by atoms with E-state index in [-0.39, 0.29) is 18.7 Å².